The van der Waals surface area contributed by atoms with Crippen LogP contribution in [0.4, 0.5) is 5.69 Å². The zero-order valence-corrected chi connectivity index (χ0v) is 11.0. The molecular weight excluding hydrogens is 270 g/mol. The Labute approximate surface area is 104 Å². The summed E-state index contributed by atoms with van der Waals surface area (Å²) >= 11 is 3.36. The normalized spacial score (nSPS) is 12.2. The number of amides is 1. The summed E-state index contributed by atoms with van der Waals surface area (Å²) in [5.74, 6) is -0.0675. The second-order valence-electron chi connectivity index (χ2n) is 3.90. The molecule has 0 spiro atoms. The highest BCUT2D eigenvalue weighted by atomic mass is 79.9. The highest BCUT2D eigenvalue weighted by Crippen LogP contribution is 2.20. The van der Waals surface area contributed by atoms with E-state index in [9.17, 15) is 4.79 Å². The fraction of sp³-hybridized carbons (Fsp3) is 0.417. The van der Waals surface area contributed by atoms with E-state index < -0.39 is 6.10 Å². The molecule has 88 valence electrons. The van der Waals surface area contributed by atoms with Crippen LogP contribution >= 0.6 is 15.9 Å². The number of carbonyl (C=O) groups excluding carboxylic acids is 1. The summed E-state index contributed by atoms with van der Waals surface area (Å²) in [5.41, 5.74) is 1.83. The van der Waals surface area contributed by atoms with E-state index in [-0.39, 0.29) is 5.91 Å². The molecule has 0 radical (unpaired) electrons. The largest absolute Gasteiger partial charge is 0.393 e. The van der Waals surface area contributed by atoms with Gasteiger partial charge < -0.3 is 10.4 Å². The van der Waals surface area contributed by atoms with Crippen LogP contribution in [0.15, 0.2) is 22.7 Å². The molecule has 16 heavy (non-hydrogen) atoms. The fourth-order valence-electron chi connectivity index (χ4n) is 1.28. The van der Waals surface area contributed by atoms with Gasteiger partial charge >= 0.3 is 0 Å². The lowest BCUT2D eigenvalue weighted by molar-refractivity contribution is -0.116. The van der Waals surface area contributed by atoms with Gasteiger partial charge in [-0.1, -0.05) is 22.0 Å². The zero-order chi connectivity index (χ0) is 12.1. The molecule has 3 nitrogen and oxygen atoms in total. The van der Waals surface area contributed by atoms with Crippen molar-refractivity contribution in [3.8, 4) is 0 Å². The lowest BCUT2D eigenvalue weighted by Crippen LogP contribution is -2.14. The highest BCUT2D eigenvalue weighted by Gasteiger charge is 2.06. The Bertz CT molecular complexity index is 377. The van der Waals surface area contributed by atoms with Crippen LogP contribution in [0.3, 0.4) is 0 Å². The first-order valence-electron chi connectivity index (χ1n) is 5.23. The molecule has 0 saturated carbocycles. The third kappa shape index (κ3) is 4.33. The van der Waals surface area contributed by atoms with Gasteiger partial charge in [-0.15, -0.1) is 0 Å². The summed E-state index contributed by atoms with van der Waals surface area (Å²) in [5, 5.41) is 11.9. The van der Waals surface area contributed by atoms with Crippen molar-refractivity contribution in [3.05, 3.63) is 28.2 Å². The van der Waals surface area contributed by atoms with Crippen molar-refractivity contribution in [2.24, 2.45) is 0 Å². The molecule has 1 aromatic rings. The lowest BCUT2D eigenvalue weighted by atomic mass is 10.2. The van der Waals surface area contributed by atoms with Gasteiger partial charge in [0.2, 0.25) is 5.91 Å². The maximum Gasteiger partial charge on any atom is 0.224 e. The average Bonchev–Trinajstić information content (AvgIpc) is 2.20. The number of anilines is 1. The van der Waals surface area contributed by atoms with Gasteiger partial charge in [-0.3, -0.25) is 4.79 Å². The maximum atomic E-state index is 11.5. The van der Waals surface area contributed by atoms with Crippen molar-refractivity contribution >= 4 is 27.5 Å². The molecule has 0 aliphatic heterocycles. The van der Waals surface area contributed by atoms with Crippen LogP contribution in [0.2, 0.25) is 0 Å². The predicted molar refractivity (Wildman–Crippen MR) is 68.4 cm³/mol. The summed E-state index contributed by atoms with van der Waals surface area (Å²) in [6, 6.07) is 5.74. The minimum Gasteiger partial charge on any atom is -0.393 e. The molecule has 1 amide bonds. The van der Waals surface area contributed by atoms with E-state index in [1.807, 2.05) is 25.1 Å². The Morgan fingerprint density at radius 2 is 2.25 bits per heavy atom. The SMILES string of the molecule is Cc1ccc(Br)cc1NC(=O)CCC(C)O. The van der Waals surface area contributed by atoms with Crippen LogP contribution in [-0.4, -0.2) is 17.1 Å². The molecule has 2 N–H and O–H groups in total. The van der Waals surface area contributed by atoms with Gasteiger partial charge in [-0.25, -0.2) is 0 Å². The topological polar surface area (TPSA) is 49.3 Å². The third-order valence-corrected chi connectivity index (χ3v) is 2.76. The fourth-order valence-corrected chi connectivity index (χ4v) is 1.64. The van der Waals surface area contributed by atoms with Gasteiger partial charge in [-0.05, 0) is 38.0 Å². The number of rotatable bonds is 4. The van der Waals surface area contributed by atoms with Gasteiger partial charge in [-0.2, -0.15) is 0 Å². The Morgan fingerprint density at radius 1 is 1.56 bits per heavy atom. The van der Waals surface area contributed by atoms with Crippen molar-refractivity contribution in [1.29, 1.82) is 0 Å². The van der Waals surface area contributed by atoms with Crippen molar-refractivity contribution in [2.45, 2.75) is 32.8 Å². The van der Waals surface area contributed by atoms with E-state index in [0.717, 1.165) is 15.7 Å². The second kappa shape index (κ2) is 6.01. The quantitative estimate of drug-likeness (QED) is 0.894. The third-order valence-electron chi connectivity index (χ3n) is 2.26. The van der Waals surface area contributed by atoms with Crippen LogP contribution in [0.1, 0.15) is 25.3 Å². The first-order chi connectivity index (χ1) is 7.49. The van der Waals surface area contributed by atoms with Crippen LogP contribution in [0, 0.1) is 6.92 Å². The average molecular weight is 286 g/mol. The van der Waals surface area contributed by atoms with Crippen LogP contribution < -0.4 is 5.32 Å². The number of aliphatic hydroxyl groups excluding tert-OH is 1. The first kappa shape index (κ1) is 13.2. The lowest BCUT2D eigenvalue weighted by Gasteiger charge is -2.09. The molecule has 1 rings (SSSR count). The van der Waals surface area contributed by atoms with Crippen LogP contribution in [0.5, 0.6) is 0 Å². The predicted octanol–water partition coefficient (Wildman–Crippen LogP) is 2.86. The number of carbonyl (C=O) groups is 1. The zero-order valence-electron chi connectivity index (χ0n) is 9.46. The summed E-state index contributed by atoms with van der Waals surface area (Å²) < 4.78 is 0.934. The van der Waals surface area contributed by atoms with E-state index in [4.69, 9.17) is 5.11 Å². The summed E-state index contributed by atoms with van der Waals surface area (Å²) in [4.78, 5) is 11.5. The summed E-state index contributed by atoms with van der Waals surface area (Å²) in [7, 11) is 0. The van der Waals surface area contributed by atoms with E-state index in [2.05, 4.69) is 21.2 Å². The monoisotopic (exact) mass is 285 g/mol. The molecule has 0 aliphatic rings. The molecule has 1 atom stereocenters. The van der Waals surface area contributed by atoms with Crippen molar-refractivity contribution < 1.29 is 9.90 Å². The van der Waals surface area contributed by atoms with Gasteiger partial charge in [0.05, 0.1) is 6.10 Å². The maximum absolute atomic E-state index is 11.5. The van der Waals surface area contributed by atoms with Crippen molar-refractivity contribution in [3.63, 3.8) is 0 Å². The molecule has 1 aromatic carbocycles. The van der Waals surface area contributed by atoms with Gasteiger partial charge in [0.15, 0.2) is 0 Å². The van der Waals surface area contributed by atoms with Crippen molar-refractivity contribution in [2.75, 3.05) is 5.32 Å². The second-order valence-corrected chi connectivity index (χ2v) is 4.81. The number of hydrogen-bond donors (Lipinski definition) is 2. The molecular formula is C12H16BrNO2. The number of aryl methyl sites for hydroxylation is 1. The minimum absolute atomic E-state index is 0.0675. The Hall–Kier alpha value is -0.870. The standard InChI is InChI=1S/C12H16BrNO2/c1-8-3-5-10(13)7-11(8)14-12(16)6-4-9(2)15/h3,5,7,9,15H,4,6H2,1-2H3,(H,14,16). The molecule has 1 unspecified atom stereocenters. The smallest absolute Gasteiger partial charge is 0.224 e. The number of benzene rings is 1. The van der Waals surface area contributed by atoms with Crippen LogP contribution in [0.25, 0.3) is 0 Å². The number of hydrogen-bond acceptors (Lipinski definition) is 2. The van der Waals surface area contributed by atoms with Gasteiger partial charge in [0.1, 0.15) is 0 Å². The highest BCUT2D eigenvalue weighted by molar-refractivity contribution is 9.10. The molecule has 0 heterocycles. The molecule has 0 aliphatic carbocycles. The molecule has 0 aromatic heterocycles. The van der Waals surface area contributed by atoms with E-state index in [1.165, 1.54) is 0 Å². The van der Waals surface area contributed by atoms with E-state index in [1.54, 1.807) is 6.92 Å². The van der Waals surface area contributed by atoms with Crippen LogP contribution in [-0.2, 0) is 4.79 Å². The molecule has 0 saturated heterocycles. The van der Waals surface area contributed by atoms with Gasteiger partial charge in [0.25, 0.3) is 0 Å². The van der Waals surface area contributed by atoms with E-state index >= 15 is 0 Å². The van der Waals surface area contributed by atoms with Gasteiger partial charge in [0, 0.05) is 16.6 Å². The molecule has 0 fully saturated rings. The van der Waals surface area contributed by atoms with Crippen molar-refractivity contribution in [1.82, 2.24) is 0 Å². The number of aliphatic hydroxyl groups is 1. The Balaban J connectivity index is 2.59. The number of halogens is 1. The summed E-state index contributed by atoms with van der Waals surface area (Å²) in [6.07, 6.45) is 0.386. The minimum atomic E-state index is -0.436. The molecule has 0 bridgehead atoms. The molecule has 4 heteroatoms. The Kier molecular flexibility index (Phi) is 4.96. The van der Waals surface area contributed by atoms with E-state index in [0.29, 0.717) is 12.8 Å². The first-order valence-corrected chi connectivity index (χ1v) is 6.02. The Morgan fingerprint density at radius 3 is 2.88 bits per heavy atom. The summed E-state index contributed by atoms with van der Waals surface area (Å²) in [6.45, 7) is 3.62. The number of nitrogens with one attached hydrogen (secondary N) is 1.